The standard InChI is InChI=1S/C24H29N3O5/c1-15-20-13-22(32-4)21(31-3)11-16(20)9-10-26(15)24(29)25-17-12-23(28)27(14-17)18-5-7-19(30-2)8-6-18/h5-8,11,13,15,17H,9-10,12,14H2,1-4H3,(H,25,29)/t15-,17+/m1/s1. The van der Waals surface area contributed by atoms with Crippen LogP contribution in [0.2, 0.25) is 0 Å². The van der Waals surface area contributed by atoms with Gasteiger partial charge in [-0.2, -0.15) is 0 Å². The van der Waals surface area contributed by atoms with Crippen LogP contribution in [0.5, 0.6) is 17.2 Å². The van der Waals surface area contributed by atoms with Crippen molar-refractivity contribution in [3.8, 4) is 17.2 Å². The highest BCUT2D eigenvalue weighted by molar-refractivity contribution is 5.96. The number of hydrogen-bond acceptors (Lipinski definition) is 5. The number of amides is 3. The van der Waals surface area contributed by atoms with Gasteiger partial charge in [-0.15, -0.1) is 0 Å². The van der Waals surface area contributed by atoms with E-state index < -0.39 is 0 Å². The maximum Gasteiger partial charge on any atom is 0.318 e. The van der Waals surface area contributed by atoms with E-state index in [2.05, 4.69) is 5.32 Å². The van der Waals surface area contributed by atoms with Gasteiger partial charge in [0, 0.05) is 25.2 Å². The number of rotatable bonds is 5. The molecule has 0 aromatic heterocycles. The number of anilines is 1. The summed E-state index contributed by atoms with van der Waals surface area (Å²) in [6.45, 7) is 3.05. The van der Waals surface area contributed by atoms with E-state index in [-0.39, 0.29) is 30.4 Å². The summed E-state index contributed by atoms with van der Waals surface area (Å²) in [5, 5.41) is 3.06. The molecule has 0 saturated carbocycles. The maximum absolute atomic E-state index is 13.1. The molecule has 8 nitrogen and oxygen atoms in total. The third-order valence-corrected chi connectivity index (χ3v) is 6.28. The summed E-state index contributed by atoms with van der Waals surface area (Å²) >= 11 is 0. The minimum absolute atomic E-state index is 0.00524. The summed E-state index contributed by atoms with van der Waals surface area (Å²) in [5.74, 6) is 2.07. The Morgan fingerprint density at radius 2 is 1.72 bits per heavy atom. The molecule has 32 heavy (non-hydrogen) atoms. The normalized spacial score (nSPS) is 20.1. The molecule has 2 atom stereocenters. The molecule has 0 spiro atoms. The molecular weight excluding hydrogens is 410 g/mol. The summed E-state index contributed by atoms with van der Waals surface area (Å²) in [5.41, 5.74) is 3.00. The fourth-order valence-electron chi connectivity index (χ4n) is 4.50. The molecule has 170 valence electrons. The van der Waals surface area contributed by atoms with Gasteiger partial charge < -0.3 is 29.3 Å². The highest BCUT2D eigenvalue weighted by Gasteiger charge is 2.35. The molecule has 1 fully saturated rings. The minimum atomic E-state index is -0.240. The summed E-state index contributed by atoms with van der Waals surface area (Å²) in [6.07, 6.45) is 1.01. The van der Waals surface area contributed by atoms with Crippen LogP contribution in [0.15, 0.2) is 36.4 Å². The predicted octanol–water partition coefficient (Wildman–Crippen LogP) is 3.15. The van der Waals surface area contributed by atoms with E-state index >= 15 is 0 Å². The molecule has 2 heterocycles. The largest absolute Gasteiger partial charge is 0.497 e. The fourth-order valence-corrected chi connectivity index (χ4v) is 4.50. The molecular formula is C24H29N3O5. The summed E-state index contributed by atoms with van der Waals surface area (Å²) < 4.78 is 16.0. The molecule has 0 unspecified atom stereocenters. The van der Waals surface area contributed by atoms with Crippen molar-refractivity contribution < 1.29 is 23.8 Å². The third-order valence-electron chi connectivity index (χ3n) is 6.28. The first-order valence-electron chi connectivity index (χ1n) is 10.7. The first-order chi connectivity index (χ1) is 15.4. The Bertz CT molecular complexity index is 1010. The smallest absolute Gasteiger partial charge is 0.318 e. The van der Waals surface area contributed by atoms with Crippen LogP contribution in [0, 0.1) is 0 Å². The third kappa shape index (κ3) is 4.04. The van der Waals surface area contributed by atoms with Gasteiger partial charge >= 0.3 is 6.03 Å². The number of nitrogens with zero attached hydrogens (tertiary/aromatic N) is 2. The highest BCUT2D eigenvalue weighted by Crippen LogP contribution is 2.38. The van der Waals surface area contributed by atoms with Crippen LogP contribution >= 0.6 is 0 Å². The molecule has 2 aromatic carbocycles. The molecule has 0 bridgehead atoms. The Balaban J connectivity index is 1.43. The van der Waals surface area contributed by atoms with Crippen molar-refractivity contribution in [1.82, 2.24) is 10.2 Å². The van der Waals surface area contributed by atoms with Crippen LogP contribution < -0.4 is 24.4 Å². The van der Waals surface area contributed by atoms with E-state index in [0.29, 0.717) is 24.6 Å². The molecule has 2 aliphatic heterocycles. The molecule has 3 amide bonds. The topological polar surface area (TPSA) is 80.3 Å². The quantitative estimate of drug-likeness (QED) is 0.774. The fraction of sp³-hybridized carbons (Fsp3) is 0.417. The summed E-state index contributed by atoms with van der Waals surface area (Å²) in [4.78, 5) is 29.2. The van der Waals surface area contributed by atoms with E-state index in [9.17, 15) is 9.59 Å². The van der Waals surface area contributed by atoms with Crippen LogP contribution in [-0.4, -0.2) is 57.3 Å². The van der Waals surface area contributed by atoms with Gasteiger partial charge in [0.2, 0.25) is 5.91 Å². The number of nitrogens with one attached hydrogen (secondary N) is 1. The summed E-state index contributed by atoms with van der Waals surface area (Å²) in [6, 6.07) is 10.8. The van der Waals surface area contributed by atoms with Crippen LogP contribution in [0.4, 0.5) is 10.5 Å². The number of carbonyl (C=O) groups is 2. The second-order valence-corrected chi connectivity index (χ2v) is 8.08. The van der Waals surface area contributed by atoms with Crippen molar-refractivity contribution in [1.29, 1.82) is 0 Å². The SMILES string of the molecule is COc1ccc(N2C[C@@H](NC(=O)N3CCc4cc(OC)c(OC)cc4[C@H]3C)CC2=O)cc1. The molecule has 1 N–H and O–H groups in total. The van der Waals surface area contributed by atoms with Crippen molar-refractivity contribution in [2.24, 2.45) is 0 Å². The van der Waals surface area contributed by atoms with Crippen molar-refractivity contribution in [2.75, 3.05) is 39.3 Å². The Morgan fingerprint density at radius 1 is 1.03 bits per heavy atom. The first-order valence-corrected chi connectivity index (χ1v) is 10.7. The monoisotopic (exact) mass is 439 g/mol. The van der Waals surface area contributed by atoms with Crippen molar-refractivity contribution >= 4 is 17.6 Å². The average molecular weight is 440 g/mol. The van der Waals surface area contributed by atoms with Gasteiger partial charge in [-0.3, -0.25) is 4.79 Å². The molecule has 1 saturated heterocycles. The predicted molar refractivity (Wildman–Crippen MR) is 121 cm³/mol. The average Bonchev–Trinajstić information content (AvgIpc) is 3.18. The number of methoxy groups -OCH3 is 3. The van der Waals surface area contributed by atoms with Gasteiger partial charge in [0.1, 0.15) is 5.75 Å². The van der Waals surface area contributed by atoms with Gasteiger partial charge in [0.25, 0.3) is 0 Å². The van der Waals surface area contributed by atoms with Crippen molar-refractivity contribution in [2.45, 2.75) is 31.8 Å². The lowest BCUT2D eigenvalue weighted by atomic mass is 9.93. The van der Waals surface area contributed by atoms with Gasteiger partial charge in [-0.05, 0) is 60.9 Å². The number of urea groups is 1. The molecule has 0 aliphatic carbocycles. The van der Waals surface area contributed by atoms with E-state index in [1.165, 1.54) is 0 Å². The lowest BCUT2D eigenvalue weighted by molar-refractivity contribution is -0.117. The zero-order valence-corrected chi connectivity index (χ0v) is 18.9. The van der Waals surface area contributed by atoms with Crippen molar-refractivity contribution in [3.63, 3.8) is 0 Å². The molecule has 2 aromatic rings. The lowest BCUT2D eigenvalue weighted by Crippen LogP contribution is -2.48. The van der Waals surface area contributed by atoms with Crippen LogP contribution in [0.25, 0.3) is 0 Å². The zero-order valence-electron chi connectivity index (χ0n) is 18.9. The number of hydrogen-bond donors (Lipinski definition) is 1. The second kappa shape index (κ2) is 8.98. The molecule has 4 rings (SSSR count). The van der Waals surface area contributed by atoms with Gasteiger partial charge in [0.15, 0.2) is 11.5 Å². The van der Waals surface area contributed by atoms with Crippen LogP contribution in [0.1, 0.15) is 30.5 Å². The molecule has 0 radical (unpaired) electrons. The molecule has 2 aliphatic rings. The zero-order chi connectivity index (χ0) is 22.8. The Morgan fingerprint density at radius 3 is 2.38 bits per heavy atom. The highest BCUT2D eigenvalue weighted by atomic mass is 16.5. The minimum Gasteiger partial charge on any atom is -0.497 e. The van der Waals surface area contributed by atoms with Gasteiger partial charge in [-0.25, -0.2) is 4.79 Å². The Hall–Kier alpha value is -3.42. The number of carbonyl (C=O) groups excluding carboxylic acids is 2. The van der Waals surface area contributed by atoms with E-state index in [4.69, 9.17) is 14.2 Å². The lowest BCUT2D eigenvalue weighted by Gasteiger charge is -2.36. The van der Waals surface area contributed by atoms with Crippen LogP contribution in [-0.2, 0) is 11.2 Å². The number of benzene rings is 2. The maximum atomic E-state index is 13.1. The van der Waals surface area contributed by atoms with Gasteiger partial charge in [-0.1, -0.05) is 0 Å². The first kappa shape index (κ1) is 21.8. The van der Waals surface area contributed by atoms with Crippen LogP contribution in [0.3, 0.4) is 0 Å². The second-order valence-electron chi connectivity index (χ2n) is 8.08. The molecule has 8 heteroatoms. The van der Waals surface area contributed by atoms with Gasteiger partial charge in [0.05, 0.1) is 33.4 Å². The Kier molecular flexibility index (Phi) is 6.12. The van der Waals surface area contributed by atoms with E-state index in [0.717, 1.165) is 29.0 Å². The summed E-state index contributed by atoms with van der Waals surface area (Å²) in [7, 11) is 4.83. The van der Waals surface area contributed by atoms with Crippen molar-refractivity contribution in [3.05, 3.63) is 47.5 Å². The number of fused-ring (bicyclic) bond motifs is 1. The van der Waals surface area contributed by atoms with E-state index in [1.54, 1.807) is 26.2 Å². The number of ether oxygens (including phenoxy) is 3. The Labute approximate surface area is 188 Å². The van der Waals surface area contributed by atoms with E-state index in [1.807, 2.05) is 48.2 Å².